The summed E-state index contributed by atoms with van der Waals surface area (Å²) in [5, 5.41) is 22.3. The second-order valence-electron chi connectivity index (χ2n) is 11.5. The molecule has 0 saturated carbocycles. The van der Waals surface area contributed by atoms with E-state index < -0.39 is 66.7 Å². The molecule has 2 N–H and O–H groups in total. The van der Waals surface area contributed by atoms with Gasteiger partial charge in [0.15, 0.2) is 12.1 Å². The van der Waals surface area contributed by atoms with Crippen molar-refractivity contribution in [3.63, 3.8) is 0 Å². The second-order valence-corrected chi connectivity index (χ2v) is 11.5. The van der Waals surface area contributed by atoms with E-state index in [-0.39, 0.29) is 12.5 Å². The molecule has 0 spiro atoms. The summed E-state index contributed by atoms with van der Waals surface area (Å²) in [4.78, 5) is 13.4. The first kappa shape index (κ1) is 34.6. The smallest absolute Gasteiger partial charge is 0.314 e. The van der Waals surface area contributed by atoms with Crippen LogP contribution >= 0.6 is 0 Å². The summed E-state index contributed by atoms with van der Waals surface area (Å²) in [5.41, 5.74) is 1.00. The zero-order valence-electron chi connectivity index (χ0n) is 25.8. The van der Waals surface area contributed by atoms with Crippen molar-refractivity contribution in [3.05, 3.63) is 48.6 Å². The molecule has 0 aromatic rings. The Morgan fingerprint density at radius 3 is 2.50 bits per heavy atom. The van der Waals surface area contributed by atoms with Gasteiger partial charge in [-0.25, -0.2) is 0 Å². The molecule has 3 rings (SSSR count). The molecular weight excluding hydrogens is 544 g/mol. The second kappa shape index (κ2) is 16.3. The topological polar surface area (TPSA) is 122 Å². The minimum absolute atomic E-state index is 0.00368. The molecule has 2 fully saturated rings. The first-order chi connectivity index (χ1) is 20.0. The van der Waals surface area contributed by atoms with Crippen LogP contribution in [0.1, 0.15) is 59.3 Å². The van der Waals surface area contributed by atoms with Gasteiger partial charge < -0.3 is 43.4 Å². The maximum atomic E-state index is 13.4. The zero-order valence-corrected chi connectivity index (χ0v) is 25.8. The van der Waals surface area contributed by atoms with E-state index >= 15 is 0 Å². The first-order valence-electron chi connectivity index (χ1n) is 14.8. The van der Waals surface area contributed by atoms with Crippen LogP contribution in [0.5, 0.6) is 0 Å². The number of esters is 1. The molecule has 0 aromatic heterocycles. The molecule has 42 heavy (non-hydrogen) atoms. The van der Waals surface area contributed by atoms with Gasteiger partial charge in [0.25, 0.3) is 0 Å². The fourth-order valence-corrected chi connectivity index (χ4v) is 5.77. The van der Waals surface area contributed by atoms with E-state index in [1.165, 1.54) is 14.2 Å². The summed E-state index contributed by atoms with van der Waals surface area (Å²) in [6, 6.07) is 0. The molecule has 11 atom stereocenters. The molecule has 3 aliphatic heterocycles. The summed E-state index contributed by atoms with van der Waals surface area (Å²) in [6.45, 7) is 9.05. The number of unbranched alkanes of at least 4 members (excludes halogenated alkanes) is 1. The highest BCUT2D eigenvalue weighted by Gasteiger charge is 2.51. The van der Waals surface area contributed by atoms with Crippen LogP contribution in [0.25, 0.3) is 0 Å². The first-order valence-corrected chi connectivity index (χ1v) is 14.8. The molecule has 238 valence electrons. The van der Waals surface area contributed by atoms with Crippen LogP contribution in [0.2, 0.25) is 0 Å². The van der Waals surface area contributed by atoms with Gasteiger partial charge in [0.05, 0.1) is 24.4 Å². The van der Waals surface area contributed by atoms with Crippen LogP contribution in [0.4, 0.5) is 0 Å². The lowest BCUT2D eigenvalue weighted by molar-refractivity contribution is -0.343. The fourth-order valence-electron chi connectivity index (χ4n) is 5.77. The lowest BCUT2D eigenvalue weighted by Gasteiger charge is -2.47. The Morgan fingerprint density at radius 2 is 1.83 bits per heavy atom. The molecule has 3 aliphatic rings. The van der Waals surface area contributed by atoms with Crippen molar-refractivity contribution in [2.45, 2.75) is 120 Å². The quantitative estimate of drug-likeness (QED) is 0.167. The number of cyclic esters (lactones) is 1. The Kier molecular flexibility index (Phi) is 13.4. The van der Waals surface area contributed by atoms with Crippen molar-refractivity contribution in [2.24, 2.45) is 5.92 Å². The van der Waals surface area contributed by atoms with Crippen LogP contribution in [-0.4, -0.2) is 98.4 Å². The van der Waals surface area contributed by atoms with Crippen molar-refractivity contribution >= 4 is 5.97 Å². The Bertz CT molecular complexity index is 963. The minimum Gasteiger partial charge on any atom is -0.457 e. The molecule has 0 aliphatic carbocycles. The maximum absolute atomic E-state index is 13.4. The molecule has 3 heterocycles. The third kappa shape index (κ3) is 9.06. The number of carbonyl (C=O) groups excluding carboxylic acids is 1. The predicted octanol–water partition coefficient (Wildman–Crippen LogP) is 3.76. The molecule has 0 amide bonds. The van der Waals surface area contributed by atoms with E-state index in [1.54, 1.807) is 21.0 Å². The summed E-state index contributed by atoms with van der Waals surface area (Å²) >= 11 is 0. The third-order valence-electron chi connectivity index (χ3n) is 8.25. The van der Waals surface area contributed by atoms with Crippen LogP contribution < -0.4 is 0 Å². The number of aliphatic hydroxyl groups excluding tert-OH is 1. The van der Waals surface area contributed by atoms with Gasteiger partial charge in [-0.3, -0.25) is 4.79 Å². The predicted molar refractivity (Wildman–Crippen MR) is 156 cm³/mol. The highest BCUT2D eigenvalue weighted by molar-refractivity contribution is 5.73. The van der Waals surface area contributed by atoms with Crippen LogP contribution in [-0.2, 0) is 38.0 Å². The Morgan fingerprint density at radius 1 is 1.10 bits per heavy atom. The number of hydrogen-bond acceptors (Lipinski definition) is 10. The monoisotopic (exact) mass is 594 g/mol. The van der Waals surface area contributed by atoms with Gasteiger partial charge in [-0.2, -0.15) is 0 Å². The number of ether oxygens (including phenoxy) is 7. The van der Waals surface area contributed by atoms with E-state index in [0.717, 1.165) is 18.4 Å². The molecule has 2 unspecified atom stereocenters. The molecule has 10 heteroatoms. The molecule has 2 bridgehead atoms. The van der Waals surface area contributed by atoms with E-state index in [9.17, 15) is 15.0 Å². The van der Waals surface area contributed by atoms with Gasteiger partial charge in [-0.05, 0) is 39.7 Å². The van der Waals surface area contributed by atoms with Crippen molar-refractivity contribution in [3.8, 4) is 0 Å². The van der Waals surface area contributed by atoms with E-state index in [1.807, 2.05) is 43.4 Å². The van der Waals surface area contributed by atoms with Crippen LogP contribution in [0, 0.1) is 5.92 Å². The lowest BCUT2D eigenvalue weighted by atomic mass is 9.87. The molecule has 0 radical (unpaired) electrons. The number of rotatable bonds is 10. The highest BCUT2D eigenvalue weighted by atomic mass is 16.7. The van der Waals surface area contributed by atoms with Gasteiger partial charge in [0.1, 0.15) is 30.3 Å². The van der Waals surface area contributed by atoms with E-state index in [0.29, 0.717) is 19.3 Å². The fraction of sp³-hybridized carbons (Fsp3) is 0.719. The van der Waals surface area contributed by atoms with Gasteiger partial charge in [0, 0.05) is 47.0 Å². The normalized spacial score (nSPS) is 41.5. The largest absolute Gasteiger partial charge is 0.457 e. The highest BCUT2D eigenvalue weighted by Crippen LogP contribution is 2.39. The van der Waals surface area contributed by atoms with E-state index in [2.05, 4.69) is 6.58 Å². The number of hydrogen-bond donors (Lipinski definition) is 2. The maximum Gasteiger partial charge on any atom is 0.314 e. The van der Waals surface area contributed by atoms with Crippen molar-refractivity contribution in [1.82, 2.24) is 0 Å². The number of carbonyl (C=O) groups is 1. The van der Waals surface area contributed by atoms with Crippen LogP contribution in [0.3, 0.4) is 0 Å². The average molecular weight is 595 g/mol. The molecule has 0 aromatic carbocycles. The Hall–Kier alpha value is -1.89. The number of aliphatic hydroxyl groups is 2. The summed E-state index contributed by atoms with van der Waals surface area (Å²) in [5.74, 6) is -3.44. The lowest BCUT2D eigenvalue weighted by Crippen LogP contribution is -2.60. The minimum atomic E-state index is -1.86. The van der Waals surface area contributed by atoms with Gasteiger partial charge in [0.2, 0.25) is 0 Å². The van der Waals surface area contributed by atoms with Gasteiger partial charge in [-0.1, -0.05) is 36.0 Å². The zero-order chi connectivity index (χ0) is 30.9. The summed E-state index contributed by atoms with van der Waals surface area (Å²) < 4.78 is 41.4. The number of methoxy groups -OCH3 is 3. The number of fused-ring (bicyclic) bond motifs is 2. The Balaban J connectivity index is 1.86. The van der Waals surface area contributed by atoms with Gasteiger partial charge in [-0.15, -0.1) is 6.58 Å². The summed E-state index contributed by atoms with van der Waals surface area (Å²) in [6.07, 6.45) is 9.05. The third-order valence-corrected chi connectivity index (χ3v) is 8.25. The van der Waals surface area contributed by atoms with Gasteiger partial charge >= 0.3 is 5.97 Å². The van der Waals surface area contributed by atoms with Crippen LogP contribution in [0.15, 0.2) is 48.6 Å². The number of allylic oxidation sites excluding steroid dienone is 4. The van der Waals surface area contributed by atoms with Crippen molar-refractivity contribution < 1.29 is 48.2 Å². The van der Waals surface area contributed by atoms with Crippen molar-refractivity contribution in [2.75, 3.05) is 21.3 Å². The Labute approximate surface area is 250 Å². The molecule has 2 saturated heterocycles. The molecule has 10 nitrogen and oxygen atoms in total. The van der Waals surface area contributed by atoms with E-state index in [4.69, 9.17) is 33.2 Å². The summed E-state index contributed by atoms with van der Waals surface area (Å²) in [7, 11) is 4.63. The average Bonchev–Trinajstić information content (AvgIpc) is 2.94. The molecular formula is C32H50O10. The standard InChI is InChI=1S/C32H50O10/c1-8-9-10-11-12-13-14-23-15-20(2)16-24(36-5)17-25-18-26(19-32(35,42-25)21(3)30(34)40-23)41-31-29(38-7)28(37-6)27(33)22(4)39-31/h8,11-14,16,21-29,31,33,35H,1,9-10,15,17-19H2,2-7H3/b12-11+,14-13+,20-16+/t21-,22+,23?,24-,25+,26?,27+,28-,29-,31+,32+/m1/s1. The van der Waals surface area contributed by atoms with Crippen molar-refractivity contribution in [1.29, 1.82) is 0 Å². The SMILES string of the molecule is C=CCC/C=C/C=C/C1C/C(C)=C/[C@@H](OC)C[C@H]2CC(O[C@@H]3O[C@@H](C)[C@H](O)[C@@H](OC)[C@H]3OC)C[C@](O)(O2)[C@H](C)C(=O)O1.